The number of amides is 4. The SMILES string of the molecule is NC(=O)NCCCC(=O)N1CC[C@@H]2CN(C(=O)c3ccc[nH]3)C[C@@H]2CC1. The van der Waals surface area contributed by atoms with E-state index in [-0.39, 0.29) is 11.8 Å². The second kappa shape index (κ2) is 8.25. The molecule has 1 aromatic heterocycles. The lowest BCUT2D eigenvalue weighted by atomic mass is 9.92. The van der Waals surface area contributed by atoms with Crippen molar-refractivity contribution in [2.24, 2.45) is 17.6 Å². The van der Waals surface area contributed by atoms with Crippen molar-refractivity contribution in [1.82, 2.24) is 20.1 Å². The van der Waals surface area contributed by atoms with E-state index in [0.717, 1.165) is 39.0 Å². The highest BCUT2D eigenvalue weighted by Gasteiger charge is 2.37. The third-order valence-corrected chi connectivity index (χ3v) is 5.45. The number of likely N-dealkylation sites (tertiary alicyclic amines) is 2. The fraction of sp³-hybridized carbons (Fsp3) is 0.611. The maximum Gasteiger partial charge on any atom is 0.312 e. The summed E-state index contributed by atoms with van der Waals surface area (Å²) in [5, 5.41) is 2.50. The Morgan fingerprint density at radius 1 is 1.15 bits per heavy atom. The fourth-order valence-corrected chi connectivity index (χ4v) is 4.01. The van der Waals surface area contributed by atoms with Crippen molar-refractivity contribution in [1.29, 1.82) is 0 Å². The average Bonchev–Trinajstić information content (AvgIpc) is 3.24. The van der Waals surface area contributed by atoms with Gasteiger partial charge in [0.2, 0.25) is 5.91 Å². The molecule has 0 bridgehead atoms. The smallest absolute Gasteiger partial charge is 0.312 e. The molecule has 0 unspecified atom stereocenters. The molecule has 4 N–H and O–H groups in total. The Labute approximate surface area is 153 Å². The van der Waals surface area contributed by atoms with Gasteiger partial charge in [0.05, 0.1) is 0 Å². The molecule has 0 saturated carbocycles. The first-order valence-corrected chi connectivity index (χ1v) is 9.28. The molecule has 0 aliphatic carbocycles. The largest absolute Gasteiger partial charge is 0.357 e. The number of aromatic amines is 1. The molecular weight excluding hydrogens is 334 g/mol. The molecule has 4 amide bonds. The summed E-state index contributed by atoms with van der Waals surface area (Å²) in [6.45, 7) is 3.46. The summed E-state index contributed by atoms with van der Waals surface area (Å²) in [6, 6.07) is 3.09. The van der Waals surface area contributed by atoms with E-state index in [9.17, 15) is 14.4 Å². The number of carbonyl (C=O) groups excluding carboxylic acids is 3. The van der Waals surface area contributed by atoms with Gasteiger partial charge in [-0.25, -0.2) is 4.79 Å². The van der Waals surface area contributed by atoms with Crippen molar-refractivity contribution in [3.63, 3.8) is 0 Å². The van der Waals surface area contributed by atoms with Crippen LogP contribution in [0.1, 0.15) is 36.2 Å². The van der Waals surface area contributed by atoms with Gasteiger partial charge in [-0.1, -0.05) is 0 Å². The van der Waals surface area contributed by atoms with Gasteiger partial charge in [0.15, 0.2) is 0 Å². The summed E-state index contributed by atoms with van der Waals surface area (Å²) in [6.07, 6.45) is 4.66. The molecular formula is C18H27N5O3. The lowest BCUT2D eigenvalue weighted by molar-refractivity contribution is -0.131. The summed E-state index contributed by atoms with van der Waals surface area (Å²) in [5.41, 5.74) is 5.65. The topological polar surface area (TPSA) is 112 Å². The number of fused-ring (bicyclic) bond motifs is 1. The highest BCUT2D eigenvalue weighted by molar-refractivity contribution is 5.92. The van der Waals surface area contributed by atoms with Crippen molar-refractivity contribution in [2.75, 3.05) is 32.7 Å². The fourth-order valence-electron chi connectivity index (χ4n) is 4.01. The van der Waals surface area contributed by atoms with E-state index in [0.29, 0.717) is 36.9 Å². The van der Waals surface area contributed by atoms with Crippen LogP contribution in [0.2, 0.25) is 0 Å². The number of hydrogen-bond donors (Lipinski definition) is 3. The lowest BCUT2D eigenvalue weighted by Crippen LogP contribution is -2.35. The van der Waals surface area contributed by atoms with Gasteiger partial charge in [0, 0.05) is 45.3 Å². The molecule has 2 saturated heterocycles. The quantitative estimate of drug-likeness (QED) is 0.674. The third kappa shape index (κ3) is 4.36. The predicted octanol–water partition coefficient (Wildman–Crippen LogP) is 0.774. The summed E-state index contributed by atoms with van der Waals surface area (Å²) in [4.78, 5) is 42.3. The Kier molecular flexibility index (Phi) is 5.80. The number of nitrogens with two attached hydrogens (primary N) is 1. The van der Waals surface area contributed by atoms with E-state index in [4.69, 9.17) is 5.73 Å². The van der Waals surface area contributed by atoms with Gasteiger partial charge in [-0.3, -0.25) is 9.59 Å². The van der Waals surface area contributed by atoms with Gasteiger partial charge < -0.3 is 25.8 Å². The second-order valence-corrected chi connectivity index (χ2v) is 7.17. The number of urea groups is 1. The molecule has 26 heavy (non-hydrogen) atoms. The number of carbonyl (C=O) groups is 3. The molecule has 3 heterocycles. The average molecular weight is 361 g/mol. The number of aromatic nitrogens is 1. The molecule has 0 spiro atoms. The monoisotopic (exact) mass is 361 g/mol. The first-order valence-electron chi connectivity index (χ1n) is 9.28. The van der Waals surface area contributed by atoms with Crippen molar-refractivity contribution in [3.8, 4) is 0 Å². The molecule has 3 rings (SSSR count). The van der Waals surface area contributed by atoms with Crippen LogP contribution in [0.4, 0.5) is 4.79 Å². The molecule has 2 fully saturated rings. The van der Waals surface area contributed by atoms with Crippen LogP contribution in [-0.2, 0) is 4.79 Å². The molecule has 0 aromatic carbocycles. The molecule has 0 radical (unpaired) electrons. The Hall–Kier alpha value is -2.51. The highest BCUT2D eigenvalue weighted by Crippen LogP contribution is 2.32. The summed E-state index contributed by atoms with van der Waals surface area (Å²) in [5.74, 6) is 1.12. The van der Waals surface area contributed by atoms with Crippen LogP contribution in [0.3, 0.4) is 0 Å². The van der Waals surface area contributed by atoms with Crippen molar-refractivity contribution in [3.05, 3.63) is 24.0 Å². The minimum absolute atomic E-state index is 0.0676. The second-order valence-electron chi connectivity index (χ2n) is 7.17. The van der Waals surface area contributed by atoms with Gasteiger partial charge in [-0.05, 0) is 43.2 Å². The Morgan fingerprint density at radius 3 is 2.42 bits per heavy atom. The van der Waals surface area contributed by atoms with Gasteiger partial charge in [-0.2, -0.15) is 0 Å². The van der Waals surface area contributed by atoms with Crippen LogP contribution in [0.5, 0.6) is 0 Å². The summed E-state index contributed by atoms with van der Waals surface area (Å²) < 4.78 is 0. The van der Waals surface area contributed by atoms with Crippen LogP contribution in [-0.4, -0.2) is 65.4 Å². The van der Waals surface area contributed by atoms with E-state index < -0.39 is 6.03 Å². The van der Waals surface area contributed by atoms with Gasteiger partial charge in [0.25, 0.3) is 5.91 Å². The minimum Gasteiger partial charge on any atom is -0.357 e. The van der Waals surface area contributed by atoms with Crippen molar-refractivity contribution in [2.45, 2.75) is 25.7 Å². The maximum absolute atomic E-state index is 12.5. The van der Waals surface area contributed by atoms with Crippen LogP contribution in [0.15, 0.2) is 18.3 Å². The van der Waals surface area contributed by atoms with E-state index in [2.05, 4.69) is 10.3 Å². The first kappa shape index (κ1) is 18.3. The number of hydrogen-bond acceptors (Lipinski definition) is 3. The van der Waals surface area contributed by atoms with Crippen molar-refractivity contribution < 1.29 is 14.4 Å². The van der Waals surface area contributed by atoms with Crippen molar-refractivity contribution >= 4 is 17.8 Å². The standard InChI is InChI=1S/C18H27N5O3/c19-18(26)21-8-2-4-16(24)22-9-5-13-11-23(12-14(13)6-10-22)17(25)15-3-1-7-20-15/h1,3,7,13-14,20H,2,4-6,8-12H2,(H3,19,21,26)/t13-,14+. The zero-order valence-electron chi connectivity index (χ0n) is 14.9. The number of primary amides is 1. The van der Waals surface area contributed by atoms with Crippen LogP contribution in [0.25, 0.3) is 0 Å². The molecule has 8 heteroatoms. The molecule has 2 atom stereocenters. The van der Waals surface area contributed by atoms with E-state index in [1.54, 1.807) is 6.20 Å². The third-order valence-electron chi connectivity index (χ3n) is 5.45. The van der Waals surface area contributed by atoms with E-state index in [1.807, 2.05) is 21.9 Å². The summed E-state index contributed by atoms with van der Waals surface area (Å²) in [7, 11) is 0. The maximum atomic E-state index is 12.5. The molecule has 1 aromatic rings. The number of H-pyrrole nitrogens is 1. The molecule has 2 aliphatic heterocycles. The number of rotatable bonds is 5. The zero-order valence-corrected chi connectivity index (χ0v) is 14.9. The summed E-state index contributed by atoms with van der Waals surface area (Å²) >= 11 is 0. The molecule has 8 nitrogen and oxygen atoms in total. The van der Waals surface area contributed by atoms with E-state index in [1.165, 1.54) is 0 Å². The zero-order chi connectivity index (χ0) is 18.5. The molecule has 142 valence electrons. The Morgan fingerprint density at radius 2 is 1.85 bits per heavy atom. The van der Waals surface area contributed by atoms with Crippen LogP contribution >= 0.6 is 0 Å². The normalized spacial score (nSPS) is 22.6. The highest BCUT2D eigenvalue weighted by atomic mass is 16.2. The number of nitrogens with one attached hydrogen (secondary N) is 2. The van der Waals surface area contributed by atoms with E-state index >= 15 is 0 Å². The van der Waals surface area contributed by atoms with Gasteiger partial charge in [-0.15, -0.1) is 0 Å². The van der Waals surface area contributed by atoms with Gasteiger partial charge >= 0.3 is 6.03 Å². The Bertz CT molecular complexity index is 629. The lowest BCUT2D eigenvalue weighted by Gasteiger charge is -2.22. The molecule has 2 aliphatic rings. The minimum atomic E-state index is -0.557. The Balaban J connectivity index is 1.45. The first-order chi connectivity index (χ1) is 12.5. The van der Waals surface area contributed by atoms with Crippen LogP contribution in [0, 0.1) is 11.8 Å². The van der Waals surface area contributed by atoms with Gasteiger partial charge in [0.1, 0.15) is 5.69 Å². The number of nitrogens with zero attached hydrogens (tertiary/aromatic N) is 2. The predicted molar refractivity (Wildman–Crippen MR) is 96.3 cm³/mol. The van der Waals surface area contributed by atoms with Crippen LogP contribution < -0.4 is 11.1 Å².